The molecule has 202 valence electrons. The van der Waals surface area contributed by atoms with E-state index < -0.39 is 0 Å². The van der Waals surface area contributed by atoms with E-state index in [4.69, 9.17) is 19.7 Å². The molecule has 0 bridgehead atoms. The summed E-state index contributed by atoms with van der Waals surface area (Å²) in [6, 6.07) is 18.2. The quantitative estimate of drug-likeness (QED) is 0.0998. The number of carbonyl (C=O) groups excluding carboxylic acids is 1. The summed E-state index contributed by atoms with van der Waals surface area (Å²) in [4.78, 5) is 30.2. The Morgan fingerprint density at radius 1 is 1.03 bits per heavy atom. The maximum absolute atomic E-state index is 13.0. The summed E-state index contributed by atoms with van der Waals surface area (Å²) >= 11 is 1.68. The van der Waals surface area contributed by atoms with Gasteiger partial charge in [0.15, 0.2) is 27.9 Å². The van der Waals surface area contributed by atoms with Gasteiger partial charge in [-0.2, -0.15) is 0 Å². The summed E-state index contributed by atoms with van der Waals surface area (Å²) < 4.78 is 7.75. The summed E-state index contributed by atoms with van der Waals surface area (Å²) in [5.41, 5.74) is 4.69. The van der Waals surface area contributed by atoms with Crippen LogP contribution in [-0.2, 0) is 17.7 Å². The SMILES string of the molecule is CCCSc1nc(N2CCOCC2)c2nc(/C=C/C(=O)c3ccc(C)cc3)n(CCCc3ccccc3)c2n1. The number of anilines is 1. The van der Waals surface area contributed by atoms with Crippen LogP contribution in [0.4, 0.5) is 5.82 Å². The molecule has 5 rings (SSSR count). The van der Waals surface area contributed by atoms with Gasteiger partial charge in [0, 0.05) is 31.0 Å². The monoisotopic (exact) mass is 541 g/mol. The molecule has 39 heavy (non-hydrogen) atoms. The number of aryl methyl sites for hydroxylation is 3. The number of rotatable bonds is 11. The van der Waals surface area contributed by atoms with Gasteiger partial charge in [0.05, 0.1) is 13.2 Å². The summed E-state index contributed by atoms with van der Waals surface area (Å²) in [6.07, 6.45) is 6.37. The lowest BCUT2D eigenvalue weighted by Gasteiger charge is -2.28. The van der Waals surface area contributed by atoms with E-state index in [0.29, 0.717) is 18.8 Å². The van der Waals surface area contributed by atoms with Crippen molar-refractivity contribution in [2.45, 2.75) is 44.8 Å². The molecule has 0 amide bonds. The number of aromatic nitrogens is 4. The summed E-state index contributed by atoms with van der Waals surface area (Å²) in [6.45, 7) is 7.78. The summed E-state index contributed by atoms with van der Waals surface area (Å²) in [7, 11) is 0. The van der Waals surface area contributed by atoms with E-state index >= 15 is 0 Å². The molecule has 1 fully saturated rings. The Morgan fingerprint density at radius 2 is 1.79 bits per heavy atom. The smallest absolute Gasteiger partial charge is 0.191 e. The number of hydrogen-bond acceptors (Lipinski definition) is 7. The highest BCUT2D eigenvalue weighted by Gasteiger charge is 2.22. The topological polar surface area (TPSA) is 73.1 Å². The number of ether oxygens (including phenoxy) is 1. The van der Waals surface area contributed by atoms with Gasteiger partial charge in [-0.15, -0.1) is 0 Å². The first kappa shape index (κ1) is 27.1. The third kappa shape index (κ3) is 6.75. The van der Waals surface area contributed by atoms with Crippen LogP contribution in [0.5, 0.6) is 0 Å². The van der Waals surface area contributed by atoms with Crippen LogP contribution in [0.1, 0.15) is 47.1 Å². The van der Waals surface area contributed by atoms with Gasteiger partial charge in [-0.25, -0.2) is 15.0 Å². The second-order valence-corrected chi connectivity index (χ2v) is 10.8. The van der Waals surface area contributed by atoms with E-state index in [1.54, 1.807) is 17.8 Å². The summed E-state index contributed by atoms with van der Waals surface area (Å²) in [5, 5.41) is 0.765. The molecular weight excluding hydrogens is 506 g/mol. The Kier molecular flexibility index (Phi) is 9.06. The van der Waals surface area contributed by atoms with Crippen molar-refractivity contribution in [3.05, 3.63) is 83.2 Å². The molecule has 1 aliphatic heterocycles. The van der Waals surface area contributed by atoms with Crippen molar-refractivity contribution in [3.8, 4) is 0 Å². The van der Waals surface area contributed by atoms with E-state index in [-0.39, 0.29) is 5.78 Å². The average Bonchev–Trinajstić information content (AvgIpc) is 3.33. The standard InChI is InChI=1S/C31H35N5O2S/c1-3-22-39-31-33-29(35-18-20-38-21-19-35)28-30(34-31)36(17-7-10-24-8-5-4-6-9-24)27(32-28)16-15-26(37)25-13-11-23(2)12-14-25/h4-6,8-9,11-16H,3,7,10,17-22H2,1-2H3/b16-15+. The van der Waals surface area contributed by atoms with Gasteiger partial charge >= 0.3 is 0 Å². The third-order valence-corrected chi connectivity index (χ3v) is 7.79. The van der Waals surface area contributed by atoms with E-state index in [9.17, 15) is 4.79 Å². The fraction of sp³-hybridized carbons (Fsp3) is 0.355. The van der Waals surface area contributed by atoms with Gasteiger partial charge in [0.1, 0.15) is 5.82 Å². The Labute approximate surface area is 234 Å². The van der Waals surface area contributed by atoms with Crippen LogP contribution in [0.25, 0.3) is 17.2 Å². The lowest BCUT2D eigenvalue weighted by Crippen LogP contribution is -2.37. The zero-order chi connectivity index (χ0) is 27.0. The zero-order valence-electron chi connectivity index (χ0n) is 22.7. The molecule has 0 atom stereocenters. The Hall–Kier alpha value is -3.49. The van der Waals surface area contributed by atoms with Crippen molar-refractivity contribution in [1.82, 2.24) is 19.5 Å². The first-order valence-electron chi connectivity index (χ1n) is 13.7. The van der Waals surface area contributed by atoms with Crippen LogP contribution >= 0.6 is 11.8 Å². The van der Waals surface area contributed by atoms with Crippen molar-refractivity contribution in [1.29, 1.82) is 0 Å². The van der Waals surface area contributed by atoms with Crippen LogP contribution in [-0.4, -0.2) is 57.4 Å². The minimum Gasteiger partial charge on any atom is -0.378 e. The number of allylic oxidation sites excluding steroid dienone is 1. The number of thioether (sulfide) groups is 1. The number of carbonyl (C=O) groups is 1. The third-order valence-electron chi connectivity index (χ3n) is 6.74. The second-order valence-electron chi connectivity index (χ2n) is 9.72. The Bertz CT molecular complexity index is 1430. The number of benzene rings is 2. The minimum atomic E-state index is -0.0448. The van der Waals surface area contributed by atoms with E-state index in [1.807, 2.05) is 43.3 Å². The molecule has 0 saturated carbocycles. The Morgan fingerprint density at radius 3 is 2.54 bits per heavy atom. The Balaban J connectivity index is 1.53. The van der Waals surface area contributed by atoms with Gasteiger partial charge in [-0.3, -0.25) is 4.79 Å². The van der Waals surface area contributed by atoms with Crippen molar-refractivity contribution in [2.24, 2.45) is 0 Å². The normalized spacial score (nSPS) is 13.9. The first-order valence-corrected chi connectivity index (χ1v) is 14.7. The highest BCUT2D eigenvalue weighted by Crippen LogP contribution is 2.29. The molecule has 3 heterocycles. The maximum atomic E-state index is 13.0. The van der Waals surface area contributed by atoms with Crippen molar-refractivity contribution in [2.75, 3.05) is 37.0 Å². The molecule has 0 unspecified atom stereocenters. The maximum Gasteiger partial charge on any atom is 0.191 e. The van der Waals surface area contributed by atoms with Crippen LogP contribution in [0, 0.1) is 6.92 Å². The number of morpholine rings is 1. The molecule has 0 N–H and O–H groups in total. The van der Waals surface area contributed by atoms with Crippen LogP contribution in [0.3, 0.4) is 0 Å². The largest absolute Gasteiger partial charge is 0.378 e. The van der Waals surface area contributed by atoms with Crippen molar-refractivity contribution < 1.29 is 9.53 Å². The predicted octanol–water partition coefficient (Wildman–Crippen LogP) is 6.00. The highest BCUT2D eigenvalue weighted by molar-refractivity contribution is 7.99. The van der Waals surface area contributed by atoms with Crippen molar-refractivity contribution >= 4 is 40.6 Å². The second kappa shape index (κ2) is 13.0. The van der Waals surface area contributed by atoms with Gasteiger partial charge in [0.25, 0.3) is 0 Å². The number of ketones is 1. The molecule has 1 aliphatic rings. The van der Waals surface area contributed by atoms with Gasteiger partial charge in [-0.05, 0) is 43.9 Å². The van der Waals surface area contributed by atoms with Gasteiger partial charge in [-0.1, -0.05) is 78.8 Å². The van der Waals surface area contributed by atoms with Gasteiger partial charge < -0.3 is 14.2 Å². The van der Waals surface area contributed by atoms with Crippen LogP contribution < -0.4 is 4.90 Å². The lowest BCUT2D eigenvalue weighted by atomic mass is 10.1. The fourth-order valence-corrected chi connectivity index (χ4v) is 5.32. The van der Waals surface area contributed by atoms with Crippen molar-refractivity contribution in [3.63, 3.8) is 0 Å². The first-order chi connectivity index (χ1) is 19.1. The number of hydrogen-bond donors (Lipinski definition) is 0. The highest BCUT2D eigenvalue weighted by atomic mass is 32.2. The van der Waals surface area contributed by atoms with E-state index in [1.165, 1.54) is 5.56 Å². The summed E-state index contributed by atoms with van der Waals surface area (Å²) in [5.74, 6) is 2.48. The number of nitrogens with zero attached hydrogens (tertiary/aromatic N) is 5. The number of imidazole rings is 1. The fourth-order valence-electron chi connectivity index (χ4n) is 4.64. The molecule has 0 aliphatic carbocycles. The lowest BCUT2D eigenvalue weighted by molar-refractivity contribution is 0.104. The molecule has 4 aromatic rings. The van der Waals surface area contributed by atoms with Gasteiger partial charge in [0.2, 0.25) is 0 Å². The molecule has 0 radical (unpaired) electrons. The molecule has 2 aromatic heterocycles. The number of fused-ring (bicyclic) bond motifs is 1. The molecule has 8 heteroatoms. The van der Waals surface area contributed by atoms with E-state index in [0.717, 1.165) is 78.2 Å². The molecule has 2 aromatic carbocycles. The molecule has 0 spiro atoms. The molecular formula is C31H35N5O2S. The van der Waals surface area contributed by atoms with Crippen LogP contribution in [0.2, 0.25) is 0 Å². The average molecular weight is 542 g/mol. The van der Waals surface area contributed by atoms with E-state index in [2.05, 4.69) is 40.7 Å². The van der Waals surface area contributed by atoms with Crippen LogP contribution in [0.15, 0.2) is 65.8 Å². The molecule has 1 saturated heterocycles. The predicted molar refractivity (Wildman–Crippen MR) is 159 cm³/mol. The molecule has 7 nitrogen and oxygen atoms in total. The zero-order valence-corrected chi connectivity index (χ0v) is 23.5. The minimum absolute atomic E-state index is 0.0448.